The molecule has 1 fully saturated rings. The van der Waals surface area contributed by atoms with Crippen LogP contribution in [0, 0.1) is 0 Å². The number of hydrogen-bond acceptors (Lipinski definition) is 3. The Morgan fingerprint density at radius 1 is 1.67 bits per heavy atom. The van der Waals surface area contributed by atoms with Gasteiger partial charge < -0.3 is 15.8 Å². The summed E-state index contributed by atoms with van der Waals surface area (Å²) in [6.07, 6.45) is 3.64. The maximum Gasteiger partial charge on any atom is 0.220 e. The summed E-state index contributed by atoms with van der Waals surface area (Å²) in [4.78, 5) is 11.3. The molecular formula is C10H21ClN2O2. The lowest BCUT2D eigenvalue weighted by Gasteiger charge is -2.19. The molecule has 0 aromatic carbocycles. The summed E-state index contributed by atoms with van der Waals surface area (Å²) >= 11 is 0. The van der Waals surface area contributed by atoms with Gasteiger partial charge in [-0.1, -0.05) is 0 Å². The third kappa shape index (κ3) is 5.35. The van der Waals surface area contributed by atoms with E-state index in [4.69, 9.17) is 10.5 Å². The van der Waals surface area contributed by atoms with Crippen molar-refractivity contribution in [1.29, 1.82) is 0 Å². The van der Waals surface area contributed by atoms with Gasteiger partial charge in [0.1, 0.15) is 0 Å². The second-order valence-corrected chi connectivity index (χ2v) is 3.80. The van der Waals surface area contributed by atoms with Gasteiger partial charge in [0, 0.05) is 13.0 Å². The van der Waals surface area contributed by atoms with Gasteiger partial charge in [-0.15, -0.1) is 12.4 Å². The topological polar surface area (TPSA) is 64.4 Å². The zero-order valence-corrected chi connectivity index (χ0v) is 10.0. The number of carbonyl (C=O) groups excluding carboxylic acids is 1. The molecule has 1 amide bonds. The number of halogens is 1. The highest BCUT2D eigenvalue weighted by molar-refractivity contribution is 5.85. The molecule has 2 atom stereocenters. The molecule has 1 heterocycles. The van der Waals surface area contributed by atoms with Crippen molar-refractivity contribution in [2.24, 2.45) is 5.73 Å². The number of ether oxygens (including phenoxy) is 1. The number of nitrogens with two attached hydrogens (primary N) is 1. The predicted molar refractivity (Wildman–Crippen MR) is 62.1 cm³/mol. The molecule has 0 aromatic heterocycles. The van der Waals surface area contributed by atoms with Gasteiger partial charge in [-0.05, 0) is 32.7 Å². The van der Waals surface area contributed by atoms with Crippen molar-refractivity contribution in [3.63, 3.8) is 0 Å². The maximum atomic E-state index is 11.3. The smallest absolute Gasteiger partial charge is 0.220 e. The lowest BCUT2D eigenvalue weighted by molar-refractivity contribution is -0.122. The first-order chi connectivity index (χ1) is 6.74. The van der Waals surface area contributed by atoms with E-state index in [0.717, 1.165) is 25.9 Å². The fraction of sp³-hybridized carbons (Fsp3) is 0.900. The van der Waals surface area contributed by atoms with Crippen LogP contribution in [0.25, 0.3) is 0 Å². The molecule has 1 aliphatic rings. The average molecular weight is 237 g/mol. The molecule has 1 rings (SSSR count). The van der Waals surface area contributed by atoms with Crippen LogP contribution in [0.5, 0.6) is 0 Å². The summed E-state index contributed by atoms with van der Waals surface area (Å²) in [5, 5.41) is 2.94. The van der Waals surface area contributed by atoms with E-state index in [0.29, 0.717) is 13.0 Å². The normalized spacial score (nSPS) is 21.9. The highest BCUT2D eigenvalue weighted by Gasteiger charge is 2.23. The van der Waals surface area contributed by atoms with E-state index in [9.17, 15) is 4.79 Å². The van der Waals surface area contributed by atoms with Crippen molar-refractivity contribution in [3.8, 4) is 0 Å². The Hall–Kier alpha value is -0.320. The molecule has 0 spiro atoms. The molecule has 2 unspecified atom stereocenters. The van der Waals surface area contributed by atoms with Crippen molar-refractivity contribution in [2.75, 3.05) is 13.2 Å². The molecule has 0 aromatic rings. The summed E-state index contributed by atoms with van der Waals surface area (Å²) in [6, 6.07) is 0.128. The highest BCUT2D eigenvalue weighted by atomic mass is 35.5. The predicted octanol–water partition coefficient (Wildman–Crippen LogP) is 0.831. The summed E-state index contributed by atoms with van der Waals surface area (Å²) in [5.41, 5.74) is 5.33. The first-order valence-electron chi connectivity index (χ1n) is 5.35. The molecule has 4 nitrogen and oxygen atoms in total. The third-order valence-corrected chi connectivity index (χ3v) is 2.52. The van der Waals surface area contributed by atoms with E-state index < -0.39 is 0 Å². The molecule has 1 saturated heterocycles. The first-order valence-corrected chi connectivity index (χ1v) is 5.35. The van der Waals surface area contributed by atoms with E-state index in [2.05, 4.69) is 5.32 Å². The van der Waals surface area contributed by atoms with Crippen LogP contribution in [0.4, 0.5) is 0 Å². The lowest BCUT2D eigenvalue weighted by Crippen LogP contribution is -2.40. The Balaban J connectivity index is 0.00000196. The molecule has 0 bridgehead atoms. The molecule has 0 saturated carbocycles. The minimum atomic E-state index is 0. The van der Waals surface area contributed by atoms with Crippen molar-refractivity contribution in [3.05, 3.63) is 0 Å². The Morgan fingerprint density at radius 2 is 2.40 bits per heavy atom. The zero-order valence-electron chi connectivity index (χ0n) is 9.20. The van der Waals surface area contributed by atoms with Gasteiger partial charge in [0.15, 0.2) is 0 Å². The third-order valence-electron chi connectivity index (χ3n) is 2.52. The SMILES string of the molecule is CC(NC(=O)CCCN)C1CCCO1.Cl. The van der Waals surface area contributed by atoms with Crippen LogP contribution in [-0.2, 0) is 9.53 Å². The maximum absolute atomic E-state index is 11.3. The molecule has 0 radical (unpaired) electrons. The number of hydrogen-bond donors (Lipinski definition) is 2. The van der Waals surface area contributed by atoms with Crippen LogP contribution in [-0.4, -0.2) is 31.2 Å². The molecule has 90 valence electrons. The van der Waals surface area contributed by atoms with Gasteiger partial charge in [0.2, 0.25) is 5.91 Å². The molecule has 5 heteroatoms. The average Bonchev–Trinajstić information content (AvgIpc) is 2.67. The molecule has 1 aliphatic heterocycles. The summed E-state index contributed by atoms with van der Waals surface area (Å²) in [7, 11) is 0. The molecule has 0 aliphatic carbocycles. The van der Waals surface area contributed by atoms with Gasteiger partial charge in [-0.2, -0.15) is 0 Å². The van der Waals surface area contributed by atoms with Crippen molar-refractivity contribution >= 4 is 18.3 Å². The zero-order chi connectivity index (χ0) is 10.4. The van der Waals surface area contributed by atoms with Crippen molar-refractivity contribution in [1.82, 2.24) is 5.32 Å². The first kappa shape index (κ1) is 14.7. The van der Waals surface area contributed by atoms with Crippen LogP contribution in [0.2, 0.25) is 0 Å². The van der Waals surface area contributed by atoms with E-state index >= 15 is 0 Å². The second kappa shape index (κ2) is 7.91. The van der Waals surface area contributed by atoms with Gasteiger partial charge in [-0.3, -0.25) is 4.79 Å². The van der Waals surface area contributed by atoms with E-state index in [1.54, 1.807) is 0 Å². The largest absolute Gasteiger partial charge is 0.376 e. The lowest BCUT2D eigenvalue weighted by atomic mass is 10.1. The monoisotopic (exact) mass is 236 g/mol. The van der Waals surface area contributed by atoms with Crippen LogP contribution >= 0.6 is 12.4 Å². The number of amides is 1. The Kier molecular flexibility index (Phi) is 7.74. The summed E-state index contributed by atoms with van der Waals surface area (Å²) in [6.45, 7) is 3.39. The Morgan fingerprint density at radius 3 is 2.93 bits per heavy atom. The van der Waals surface area contributed by atoms with E-state index in [1.807, 2.05) is 6.92 Å². The molecular weight excluding hydrogens is 216 g/mol. The Labute approximate surface area is 97.3 Å². The van der Waals surface area contributed by atoms with Gasteiger partial charge in [0.25, 0.3) is 0 Å². The van der Waals surface area contributed by atoms with E-state index in [1.165, 1.54) is 0 Å². The van der Waals surface area contributed by atoms with Gasteiger partial charge in [-0.25, -0.2) is 0 Å². The summed E-state index contributed by atoms with van der Waals surface area (Å²) in [5.74, 6) is 0.0819. The Bertz CT molecular complexity index is 184. The van der Waals surface area contributed by atoms with Gasteiger partial charge in [0.05, 0.1) is 12.1 Å². The fourth-order valence-corrected chi connectivity index (χ4v) is 1.68. The summed E-state index contributed by atoms with van der Waals surface area (Å²) < 4.78 is 5.48. The van der Waals surface area contributed by atoms with Crippen molar-refractivity contribution in [2.45, 2.75) is 44.8 Å². The van der Waals surface area contributed by atoms with Gasteiger partial charge >= 0.3 is 0 Å². The van der Waals surface area contributed by atoms with Crippen LogP contribution in [0.15, 0.2) is 0 Å². The highest BCUT2D eigenvalue weighted by Crippen LogP contribution is 2.15. The van der Waals surface area contributed by atoms with Crippen LogP contribution < -0.4 is 11.1 Å². The number of nitrogens with one attached hydrogen (secondary N) is 1. The fourth-order valence-electron chi connectivity index (χ4n) is 1.68. The molecule has 15 heavy (non-hydrogen) atoms. The minimum absolute atomic E-state index is 0. The van der Waals surface area contributed by atoms with Crippen LogP contribution in [0.3, 0.4) is 0 Å². The standard InChI is InChI=1S/C10H20N2O2.ClH/c1-8(9-4-3-7-14-9)12-10(13)5-2-6-11;/h8-9H,2-7,11H2,1H3,(H,12,13);1H. The van der Waals surface area contributed by atoms with E-state index in [-0.39, 0.29) is 30.5 Å². The second-order valence-electron chi connectivity index (χ2n) is 3.80. The quantitative estimate of drug-likeness (QED) is 0.743. The minimum Gasteiger partial charge on any atom is -0.376 e. The van der Waals surface area contributed by atoms with Crippen LogP contribution in [0.1, 0.15) is 32.6 Å². The molecule has 3 N–H and O–H groups in total. The number of rotatable bonds is 5. The van der Waals surface area contributed by atoms with Crippen molar-refractivity contribution < 1.29 is 9.53 Å². The number of carbonyl (C=O) groups is 1.